The molecule has 0 spiro atoms. The molecule has 10 heteroatoms. The molecule has 0 bridgehead atoms. The minimum Gasteiger partial charge on any atom is -0.282 e. The van der Waals surface area contributed by atoms with E-state index < -0.39 is 20.2 Å². The van der Waals surface area contributed by atoms with Crippen molar-refractivity contribution >= 4 is 20.2 Å². The zero-order valence-corrected chi connectivity index (χ0v) is 29.7. The van der Waals surface area contributed by atoms with Crippen molar-refractivity contribution in [3.05, 3.63) is 129 Å². The van der Waals surface area contributed by atoms with Gasteiger partial charge in [-0.25, -0.2) is 0 Å². The molecule has 0 heterocycles. The predicted molar refractivity (Wildman–Crippen MR) is 148 cm³/mol. The van der Waals surface area contributed by atoms with Crippen molar-refractivity contribution in [2.24, 2.45) is 0 Å². The molecule has 6 nitrogen and oxygen atoms in total. The third-order valence-electron chi connectivity index (χ3n) is 6.61. The summed E-state index contributed by atoms with van der Waals surface area (Å²) in [6.45, 7) is 3.70. The van der Waals surface area contributed by atoms with Gasteiger partial charge in [0.05, 0.1) is 9.79 Å². The van der Waals surface area contributed by atoms with Crippen LogP contribution in [0.4, 0.5) is 0 Å². The van der Waals surface area contributed by atoms with Gasteiger partial charge < -0.3 is 0 Å². The molecule has 0 amide bonds. The van der Waals surface area contributed by atoms with Crippen molar-refractivity contribution in [3.63, 3.8) is 0 Å². The smallest absolute Gasteiger partial charge is 0.282 e. The van der Waals surface area contributed by atoms with Gasteiger partial charge in [0.1, 0.15) is 0 Å². The molecular formula is C30H30O6S2Y2. The van der Waals surface area contributed by atoms with Gasteiger partial charge in [0.15, 0.2) is 0 Å². The molecule has 4 aromatic rings. The van der Waals surface area contributed by atoms with Crippen molar-refractivity contribution in [3.8, 4) is 0 Å². The zero-order chi connectivity index (χ0) is 27.5. The number of rotatable bonds is 9. The van der Waals surface area contributed by atoms with Crippen molar-refractivity contribution in [1.82, 2.24) is 0 Å². The van der Waals surface area contributed by atoms with Gasteiger partial charge in [-0.15, -0.1) is 0 Å². The third kappa shape index (κ3) is 9.46. The zero-order valence-electron chi connectivity index (χ0n) is 22.4. The van der Waals surface area contributed by atoms with Crippen LogP contribution in [0.15, 0.2) is 94.7 Å². The molecule has 0 aromatic heterocycles. The Morgan fingerprint density at radius 3 is 1.38 bits per heavy atom. The first-order valence-corrected chi connectivity index (χ1v) is 15.1. The van der Waals surface area contributed by atoms with Gasteiger partial charge in [0.2, 0.25) is 0 Å². The van der Waals surface area contributed by atoms with Gasteiger partial charge in [0.25, 0.3) is 20.2 Å². The summed E-state index contributed by atoms with van der Waals surface area (Å²) in [6.07, 6.45) is 2.34. The fraction of sp³-hybridized carbons (Fsp3) is 0.200. The number of hydrogen-bond acceptors (Lipinski definition) is 4. The maximum absolute atomic E-state index is 12.2. The summed E-state index contributed by atoms with van der Waals surface area (Å²) in [4.78, 5) is -0.375. The monoisotopic (exact) mass is 728 g/mol. The maximum Gasteiger partial charge on any atom is 0.294 e. The predicted octanol–water partition coefficient (Wildman–Crippen LogP) is 5.82. The van der Waals surface area contributed by atoms with Gasteiger partial charge in [-0.3, -0.25) is 9.11 Å². The van der Waals surface area contributed by atoms with E-state index in [1.807, 2.05) is 24.3 Å². The van der Waals surface area contributed by atoms with Gasteiger partial charge in [-0.2, -0.15) is 16.8 Å². The molecular weight excluding hydrogens is 698 g/mol. The minimum atomic E-state index is -4.50. The molecule has 0 unspecified atom stereocenters. The summed E-state index contributed by atoms with van der Waals surface area (Å²) in [7, 11) is -8.88. The Labute approximate surface area is 287 Å². The minimum absolute atomic E-state index is 0. The summed E-state index contributed by atoms with van der Waals surface area (Å²) >= 11 is 0. The molecule has 4 rings (SSSR count). The van der Waals surface area contributed by atoms with Crippen LogP contribution in [0.5, 0.6) is 0 Å². The summed E-state index contributed by atoms with van der Waals surface area (Å²) < 4.78 is 67.1. The van der Waals surface area contributed by atoms with E-state index in [0.717, 1.165) is 24.0 Å². The van der Waals surface area contributed by atoms with E-state index in [9.17, 15) is 25.9 Å². The van der Waals surface area contributed by atoms with Crippen LogP contribution < -0.4 is 0 Å². The Balaban J connectivity index is 0.00000280. The van der Waals surface area contributed by atoms with Crippen LogP contribution in [-0.4, -0.2) is 25.9 Å². The molecule has 0 atom stereocenters. The number of aryl methyl sites for hydroxylation is 2. The average Bonchev–Trinajstić information content (AvgIpc) is 2.86. The van der Waals surface area contributed by atoms with E-state index in [4.69, 9.17) is 0 Å². The van der Waals surface area contributed by atoms with Crippen molar-refractivity contribution in [1.29, 1.82) is 0 Å². The summed E-state index contributed by atoms with van der Waals surface area (Å²) in [6, 6.07) is 26.0. The summed E-state index contributed by atoms with van der Waals surface area (Å²) in [5, 5.41) is 0. The molecule has 0 aliphatic carbocycles. The Hall–Kier alpha value is -1.09. The van der Waals surface area contributed by atoms with Gasteiger partial charge in [0, 0.05) is 65.4 Å². The SMILES string of the molecule is CCc1ccc(Cc2ccc(Cc3ccc(Cc4ccc(C)c(S(=O)(=O)O)c4)cc3S(=O)(=O)O)cc2)cc1.[Y].[Y]. The van der Waals surface area contributed by atoms with Gasteiger partial charge >= 0.3 is 0 Å². The van der Waals surface area contributed by atoms with E-state index in [2.05, 4.69) is 31.2 Å². The largest absolute Gasteiger partial charge is 0.294 e. The number of hydrogen-bond donors (Lipinski definition) is 2. The first kappa shape index (κ1) is 35.1. The quantitative estimate of drug-likeness (QED) is 0.211. The molecule has 0 saturated carbocycles. The first-order chi connectivity index (χ1) is 17.9. The molecule has 0 fully saturated rings. The molecule has 4 aromatic carbocycles. The Morgan fingerprint density at radius 2 is 0.900 bits per heavy atom. The van der Waals surface area contributed by atoms with Crippen LogP contribution in [-0.2, 0) is 111 Å². The molecule has 0 saturated heterocycles. The third-order valence-corrected chi connectivity index (χ3v) is 8.54. The normalized spacial score (nSPS) is 11.4. The van der Waals surface area contributed by atoms with Crippen LogP contribution in [0.3, 0.4) is 0 Å². The summed E-state index contributed by atoms with van der Waals surface area (Å²) in [5.74, 6) is 0. The fourth-order valence-electron chi connectivity index (χ4n) is 4.49. The van der Waals surface area contributed by atoms with E-state index in [-0.39, 0.29) is 81.6 Å². The molecule has 40 heavy (non-hydrogen) atoms. The van der Waals surface area contributed by atoms with Gasteiger partial charge in [-0.05, 0) is 89.2 Å². The fourth-order valence-corrected chi connectivity index (χ4v) is 6.03. The van der Waals surface area contributed by atoms with Crippen LogP contribution in [0.25, 0.3) is 0 Å². The van der Waals surface area contributed by atoms with E-state index in [0.29, 0.717) is 28.7 Å². The average molecular weight is 729 g/mol. The molecule has 2 radical (unpaired) electrons. The van der Waals surface area contributed by atoms with E-state index >= 15 is 0 Å². The second-order valence-corrected chi connectivity index (χ2v) is 12.3. The molecule has 2 N–H and O–H groups in total. The van der Waals surface area contributed by atoms with E-state index in [1.54, 1.807) is 31.2 Å². The standard InChI is InChI=1S/C30H30O6S2.2Y/c1-3-22-6-8-23(9-7-22)16-24-10-12-25(13-11-24)18-28-15-14-27(20-30(28)38(34,35)36)17-26-5-4-21(2)29(19-26)37(31,32)33;;/h4-15,19-20H,3,16-18H2,1-2H3,(H,31,32,33)(H,34,35,36);;. The Kier molecular flexibility index (Phi) is 13.1. The number of benzene rings is 4. The van der Waals surface area contributed by atoms with Crippen molar-refractivity contribution in [2.45, 2.75) is 49.3 Å². The van der Waals surface area contributed by atoms with Crippen LogP contribution in [0.2, 0.25) is 0 Å². The summed E-state index contributed by atoms with van der Waals surface area (Å²) in [5.41, 5.74) is 6.60. The second-order valence-electron chi connectivity index (χ2n) is 9.51. The Morgan fingerprint density at radius 1 is 0.525 bits per heavy atom. The van der Waals surface area contributed by atoms with Gasteiger partial charge in [-0.1, -0.05) is 79.7 Å². The van der Waals surface area contributed by atoms with E-state index in [1.165, 1.54) is 23.3 Å². The van der Waals surface area contributed by atoms with Crippen LogP contribution >= 0.6 is 0 Å². The molecule has 204 valence electrons. The first-order valence-electron chi connectivity index (χ1n) is 12.2. The topological polar surface area (TPSA) is 109 Å². The Bertz CT molecular complexity index is 1670. The van der Waals surface area contributed by atoms with Crippen molar-refractivity contribution in [2.75, 3.05) is 0 Å². The maximum atomic E-state index is 12.2. The van der Waals surface area contributed by atoms with Crippen LogP contribution in [0, 0.1) is 6.92 Å². The molecule has 0 aliphatic rings. The molecule has 0 aliphatic heterocycles. The second kappa shape index (κ2) is 14.9. The van der Waals surface area contributed by atoms with Crippen molar-refractivity contribution < 1.29 is 91.4 Å². The van der Waals surface area contributed by atoms with Crippen LogP contribution in [0.1, 0.15) is 51.4 Å².